The molecule has 0 aromatic heterocycles. The fourth-order valence-corrected chi connectivity index (χ4v) is 3.16. The molecule has 0 unspecified atom stereocenters. The van der Waals surface area contributed by atoms with Crippen molar-refractivity contribution in [1.29, 1.82) is 0 Å². The Hall–Kier alpha value is -3.15. The summed E-state index contributed by atoms with van der Waals surface area (Å²) in [5.41, 5.74) is 3.15. The van der Waals surface area contributed by atoms with E-state index in [-0.39, 0.29) is 12.5 Å². The molecule has 1 fully saturated rings. The molecule has 0 aliphatic carbocycles. The van der Waals surface area contributed by atoms with E-state index in [0.717, 1.165) is 16.7 Å². The summed E-state index contributed by atoms with van der Waals surface area (Å²) in [6.07, 6.45) is 0. The summed E-state index contributed by atoms with van der Waals surface area (Å²) in [6, 6.07) is 17.5. The zero-order chi connectivity index (χ0) is 20.1. The lowest BCUT2D eigenvalue weighted by atomic mass is 10.1. The first-order valence-electron chi connectivity index (χ1n) is 9.35. The van der Waals surface area contributed by atoms with E-state index >= 15 is 0 Å². The minimum Gasteiger partial charge on any atom is -0.340 e. The van der Waals surface area contributed by atoms with Crippen molar-refractivity contribution >= 4 is 17.7 Å². The predicted octanol–water partition coefficient (Wildman–Crippen LogP) is 1.82. The average Bonchev–Trinajstić information content (AvgIpc) is 2.70. The van der Waals surface area contributed by atoms with Crippen LogP contribution < -0.4 is 0 Å². The molecule has 0 radical (unpaired) electrons. The fourth-order valence-electron chi connectivity index (χ4n) is 3.16. The number of carbonyl (C=O) groups is 3. The van der Waals surface area contributed by atoms with E-state index in [0.29, 0.717) is 26.2 Å². The van der Waals surface area contributed by atoms with E-state index in [2.05, 4.69) is 0 Å². The van der Waals surface area contributed by atoms with Crippen LogP contribution in [0.4, 0.5) is 0 Å². The van der Waals surface area contributed by atoms with E-state index in [9.17, 15) is 14.4 Å². The number of likely N-dealkylation sites (N-methyl/N-ethyl adjacent to an activating group) is 1. The zero-order valence-electron chi connectivity index (χ0n) is 16.3. The maximum atomic E-state index is 12.5. The lowest BCUT2D eigenvalue weighted by Crippen LogP contribution is -2.56. The van der Waals surface area contributed by atoms with Crippen LogP contribution in [0.15, 0.2) is 54.6 Å². The van der Waals surface area contributed by atoms with Crippen LogP contribution in [0, 0.1) is 6.92 Å². The van der Waals surface area contributed by atoms with E-state index in [1.165, 1.54) is 4.90 Å². The Morgan fingerprint density at radius 3 is 2.18 bits per heavy atom. The number of amides is 3. The van der Waals surface area contributed by atoms with E-state index in [1.807, 2.05) is 61.5 Å². The minimum atomic E-state index is -0.611. The molecular weight excluding hydrogens is 354 g/mol. The zero-order valence-corrected chi connectivity index (χ0v) is 16.3. The molecule has 2 aromatic carbocycles. The Bertz CT molecular complexity index is 849. The normalized spacial score (nSPS) is 14.4. The molecule has 6 nitrogen and oxygen atoms in total. The molecule has 1 saturated heterocycles. The number of nitrogens with zero attached hydrogens (tertiary/aromatic N) is 3. The molecule has 28 heavy (non-hydrogen) atoms. The Balaban J connectivity index is 1.55. The first-order valence-corrected chi connectivity index (χ1v) is 9.35. The van der Waals surface area contributed by atoms with Crippen molar-refractivity contribution in [3.8, 4) is 0 Å². The average molecular weight is 379 g/mol. The van der Waals surface area contributed by atoms with Gasteiger partial charge in [-0.2, -0.15) is 0 Å². The van der Waals surface area contributed by atoms with Gasteiger partial charge in [0.15, 0.2) is 0 Å². The number of piperazine rings is 1. The number of hydrogen-bond acceptors (Lipinski definition) is 3. The van der Waals surface area contributed by atoms with Crippen molar-refractivity contribution in [2.75, 3.05) is 26.7 Å². The SMILES string of the molecule is Cc1ccc(CN2CCN(CC(=O)N(C)Cc3ccccc3)C(=O)C2=O)cc1. The Kier molecular flexibility index (Phi) is 6.09. The molecule has 3 amide bonds. The highest BCUT2D eigenvalue weighted by Gasteiger charge is 2.33. The van der Waals surface area contributed by atoms with Gasteiger partial charge >= 0.3 is 11.8 Å². The monoisotopic (exact) mass is 379 g/mol. The van der Waals surface area contributed by atoms with Crippen molar-refractivity contribution in [3.05, 3.63) is 71.3 Å². The summed E-state index contributed by atoms with van der Waals surface area (Å²) < 4.78 is 0. The van der Waals surface area contributed by atoms with Crippen molar-refractivity contribution in [2.45, 2.75) is 20.0 Å². The maximum Gasteiger partial charge on any atom is 0.312 e. The quantitative estimate of drug-likeness (QED) is 0.720. The van der Waals surface area contributed by atoms with Crippen LogP contribution in [-0.2, 0) is 27.5 Å². The Labute approximate surface area is 165 Å². The summed E-state index contributed by atoms with van der Waals surface area (Å²) in [6.45, 7) is 3.58. The molecule has 3 rings (SSSR count). The number of carbonyl (C=O) groups excluding carboxylic acids is 3. The molecule has 146 valence electrons. The third-order valence-corrected chi connectivity index (χ3v) is 4.91. The predicted molar refractivity (Wildman–Crippen MR) is 106 cm³/mol. The smallest absolute Gasteiger partial charge is 0.312 e. The molecule has 0 N–H and O–H groups in total. The standard InChI is InChI=1S/C22H25N3O3/c1-17-8-10-19(11-9-17)15-24-12-13-25(22(28)21(24)27)16-20(26)23(2)14-18-6-4-3-5-7-18/h3-11H,12-16H2,1-2H3. The van der Waals surface area contributed by atoms with Crippen LogP contribution in [-0.4, -0.2) is 59.1 Å². The Morgan fingerprint density at radius 1 is 0.893 bits per heavy atom. The van der Waals surface area contributed by atoms with E-state index < -0.39 is 11.8 Å². The van der Waals surface area contributed by atoms with Gasteiger partial charge in [-0.1, -0.05) is 60.2 Å². The van der Waals surface area contributed by atoms with Gasteiger partial charge in [-0.15, -0.1) is 0 Å². The van der Waals surface area contributed by atoms with E-state index in [1.54, 1.807) is 16.8 Å². The molecular formula is C22H25N3O3. The largest absolute Gasteiger partial charge is 0.340 e. The number of aryl methyl sites for hydroxylation is 1. The highest BCUT2D eigenvalue weighted by Crippen LogP contribution is 2.12. The minimum absolute atomic E-state index is 0.0771. The van der Waals surface area contributed by atoms with Crippen molar-refractivity contribution in [1.82, 2.24) is 14.7 Å². The fraction of sp³-hybridized carbons (Fsp3) is 0.318. The molecule has 0 atom stereocenters. The van der Waals surface area contributed by atoms with Gasteiger partial charge in [-0.25, -0.2) is 0 Å². The second kappa shape index (κ2) is 8.69. The van der Waals surface area contributed by atoms with Gasteiger partial charge < -0.3 is 14.7 Å². The first-order chi connectivity index (χ1) is 13.4. The highest BCUT2D eigenvalue weighted by molar-refractivity contribution is 6.35. The molecule has 0 bridgehead atoms. The molecule has 0 spiro atoms. The second-order valence-corrected chi connectivity index (χ2v) is 7.17. The summed E-state index contributed by atoms with van der Waals surface area (Å²) in [5, 5.41) is 0. The number of benzene rings is 2. The van der Waals surface area contributed by atoms with Gasteiger partial charge in [-0.3, -0.25) is 14.4 Å². The maximum absolute atomic E-state index is 12.5. The third-order valence-electron chi connectivity index (χ3n) is 4.91. The lowest BCUT2D eigenvalue weighted by molar-refractivity contribution is -0.158. The highest BCUT2D eigenvalue weighted by atomic mass is 16.2. The molecule has 1 heterocycles. The van der Waals surface area contributed by atoms with Gasteiger partial charge in [0, 0.05) is 33.2 Å². The van der Waals surface area contributed by atoms with Crippen LogP contribution in [0.5, 0.6) is 0 Å². The molecule has 6 heteroatoms. The van der Waals surface area contributed by atoms with Crippen LogP contribution in [0.2, 0.25) is 0 Å². The molecule has 0 saturated carbocycles. The lowest BCUT2D eigenvalue weighted by Gasteiger charge is -2.34. The summed E-state index contributed by atoms with van der Waals surface area (Å²) >= 11 is 0. The van der Waals surface area contributed by atoms with Gasteiger partial charge in [0.2, 0.25) is 5.91 Å². The summed E-state index contributed by atoms with van der Waals surface area (Å²) in [4.78, 5) is 41.9. The second-order valence-electron chi connectivity index (χ2n) is 7.17. The van der Waals surface area contributed by atoms with Crippen molar-refractivity contribution in [3.63, 3.8) is 0 Å². The van der Waals surface area contributed by atoms with Gasteiger partial charge in [0.05, 0.1) is 0 Å². The first kappa shape index (κ1) is 19.6. The summed E-state index contributed by atoms with van der Waals surface area (Å²) in [5.74, 6) is -1.35. The van der Waals surface area contributed by atoms with Gasteiger partial charge in [0.25, 0.3) is 0 Å². The van der Waals surface area contributed by atoms with Crippen molar-refractivity contribution < 1.29 is 14.4 Å². The Morgan fingerprint density at radius 2 is 1.50 bits per heavy atom. The van der Waals surface area contributed by atoms with Gasteiger partial charge in [0.1, 0.15) is 6.54 Å². The molecule has 2 aromatic rings. The van der Waals surface area contributed by atoms with Crippen LogP contribution in [0.1, 0.15) is 16.7 Å². The number of rotatable bonds is 6. The van der Waals surface area contributed by atoms with Crippen molar-refractivity contribution in [2.24, 2.45) is 0 Å². The summed E-state index contributed by atoms with van der Waals surface area (Å²) in [7, 11) is 1.70. The number of hydrogen-bond donors (Lipinski definition) is 0. The molecule has 1 aliphatic rings. The topological polar surface area (TPSA) is 60.9 Å². The third kappa shape index (κ3) is 4.76. The van der Waals surface area contributed by atoms with Gasteiger partial charge in [-0.05, 0) is 18.1 Å². The van der Waals surface area contributed by atoms with Crippen LogP contribution in [0.3, 0.4) is 0 Å². The molecule has 1 aliphatic heterocycles. The van der Waals surface area contributed by atoms with Crippen LogP contribution in [0.25, 0.3) is 0 Å². The van der Waals surface area contributed by atoms with E-state index in [4.69, 9.17) is 0 Å². The van der Waals surface area contributed by atoms with Crippen LogP contribution >= 0.6 is 0 Å².